The highest BCUT2D eigenvalue weighted by atomic mass is 16.5. The van der Waals surface area contributed by atoms with E-state index in [1.807, 2.05) is 37.3 Å². The maximum Gasteiger partial charge on any atom is 0.409 e. The molecule has 0 fully saturated rings. The number of carboxylic acid groups (broad SMARTS) is 1. The first-order valence-electron chi connectivity index (χ1n) is 5.83. The average Bonchev–Trinajstić information content (AvgIpc) is 2.42. The van der Waals surface area contributed by atoms with Gasteiger partial charge in [0.25, 0.3) is 0 Å². The minimum Gasteiger partial charge on any atom is -0.489 e. The first-order chi connectivity index (χ1) is 9.15. The number of allylic oxidation sites excluding steroid dienone is 3. The standard InChI is InChI=1S/C15H17NO3/c1-3-13(16-15(17)18)10-14(4-2)19-11-12-8-6-5-7-9-12/h3-10,16H,1,11H2,2H3,(H,17,18)/b13-10+,14-4+. The SMILES string of the molecule is C=C/C(=C\C(=C/C)OCc1ccccc1)NC(=O)O. The molecule has 0 aliphatic heterocycles. The summed E-state index contributed by atoms with van der Waals surface area (Å²) in [5, 5.41) is 10.9. The summed E-state index contributed by atoms with van der Waals surface area (Å²) in [6, 6.07) is 9.73. The number of amides is 1. The van der Waals surface area contributed by atoms with Gasteiger partial charge in [-0.3, -0.25) is 5.32 Å². The van der Waals surface area contributed by atoms with Crippen molar-refractivity contribution in [1.82, 2.24) is 5.32 Å². The number of benzene rings is 1. The van der Waals surface area contributed by atoms with Crippen LogP contribution in [0.5, 0.6) is 0 Å². The van der Waals surface area contributed by atoms with Crippen molar-refractivity contribution in [2.75, 3.05) is 0 Å². The fourth-order valence-electron chi connectivity index (χ4n) is 1.37. The molecule has 1 amide bonds. The van der Waals surface area contributed by atoms with Crippen LogP contribution in [0.1, 0.15) is 12.5 Å². The van der Waals surface area contributed by atoms with Crippen molar-refractivity contribution >= 4 is 6.09 Å². The van der Waals surface area contributed by atoms with E-state index in [9.17, 15) is 4.79 Å². The van der Waals surface area contributed by atoms with Gasteiger partial charge in [0.05, 0.1) is 0 Å². The Bertz CT molecular complexity index is 489. The minimum atomic E-state index is -1.13. The third kappa shape index (κ3) is 5.59. The van der Waals surface area contributed by atoms with Crippen molar-refractivity contribution < 1.29 is 14.6 Å². The molecule has 0 bridgehead atoms. The highest BCUT2D eigenvalue weighted by Gasteiger charge is 2.00. The Morgan fingerprint density at radius 3 is 2.63 bits per heavy atom. The Morgan fingerprint density at radius 1 is 1.42 bits per heavy atom. The Labute approximate surface area is 112 Å². The van der Waals surface area contributed by atoms with E-state index in [2.05, 4.69) is 11.9 Å². The van der Waals surface area contributed by atoms with E-state index >= 15 is 0 Å². The first-order valence-corrected chi connectivity index (χ1v) is 5.83. The van der Waals surface area contributed by atoms with Gasteiger partial charge < -0.3 is 9.84 Å². The lowest BCUT2D eigenvalue weighted by Crippen LogP contribution is -2.19. The summed E-state index contributed by atoms with van der Waals surface area (Å²) in [6.07, 6.45) is 3.63. The van der Waals surface area contributed by atoms with E-state index in [0.717, 1.165) is 5.56 Å². The van der Waals surface area contributed by atoms with Crippen LogP contribution in [0.3, 0.4) is 0 Å². The molecule has 0 aliphatic carbocycles. The smallest absolute Gasteiger partial charge is 0.409 e. The van der Waals surface area contributed by atoms with Crippen LogP contribution >= 0.6 is 0 Å². The Morgan fingerprint density at radius 2 is 2.11 bits per heavy atom. The molecule has 0 radical (unpaired) electrons. The minimum absolute atomic E-state index is 0.369. The van der Waals surface area contributed by atoms with Crippen LogP contribution in [0, 0.1) is 0 Å². The molecule has 0 aromatic heterocycles. The molecule has 0 saturated heterocycles. The number of nitrogens with one attached hydrogen (secondary N) is 1. The van der Waals surface area contributed by atoms with Crippen molar-refractivity contribution in [3.63, 3.8) is 0 Å². The van der Waals surface area contributed by atoms with Crippen LogP contribution in [0.4, 0.5) is 4.79 Å². The lowest BCUT2D eigenvalue weighted by atomic mass is 10.2. The van der Waals surface area contributed by atoms with Crippen LogP contribution in [0.15, 0.2) is 66.6 Å². The lowest BCUT2D eigenvalue weighted by Gasteiger charge is -2.08. The average molecular weight is 259 g/mol. The van der Waals surface area contributed by atoms with Crippen molar-refractivity contribution in [3.8, 4) is 0 Å². The van der Waals surface area contributed by atoms with Gasteiger partial charge in [-0.05, 0) is 24.6 Å². The number of rotatable bonds is 6. The normalized spacial score (nSPS) is 11.8. The molecule has 19 heavy (non-hydrogen) atoms. The van der Waals surface area contributed by atoms with Gasteiger partial charge in [0.2, 0.25) is 0 Å². The molecule has 0 atom stereocenters. The molecule has 2 N–H and O–H groups in total. The number of hydrogen-bond donors (Lipinski definition) is 2. The van der Waals surface area contributed by atoms with Gasteiger partial charge >= 0.3 is 6.09 Å². The van der Waals surface area contributed by atoms with E-state index in [1.165, 1.54) is 6.08 Å². The van der Waals surface area contributed by atoms with Gasteiger partial charge in [0.1, 0.15) is 12.4 Å². The van der Waals surface area contributed by atoms with Gasteiger partial charge in [0, 0.05) is 11.8 Å². The Hall–Kier alpha value is -2.49. The predicted molar refractivity (Wildman–Crippen MR) is 74.4 cm³/mol. The molecule has 4 heteroatoms. The van der Waals surface area contributed by atoms with Gasteiger partial charge in [-0.1, -0.05) is 36.9 Å². The topological polar surface area (TPSA) is 58.6 Å². The van der Waals surface area contributed by atoms with E-state index in [0.29, 0.717) is 18.1 Å². The summed E-state index contributed by atoms with van der Waals surface area (Å²) in [5.41, 5.74) is 1.41. The monoisotopic (exact) mass is 259 g/mol. The number of ether oxygens (including phenoxy) is 1. The van der Waals surface area contributed by atoms with Crippen LogP contribution in [-0.4, -0.2) is 11.2 Å². The Kier molecular flexibility index (Phi) is 5.95. The predicted octanol–water partition coefficient (Wildman–Crippen LogP) is 3.44. The zero-order chi connectivity index (χ0) is 14.1. The van der Waals surface area contributed by atoms with Gasteiger partial charge in [-0.15, -0.1) is 0 Å². The van der Waals surface area contributed by atoms with Crippen LogP contribution in [0.25, 0.3) is 0 Å². The molecular weight excluding hydrogens is 242 g/mol. The molecule has 1 aromatic rings. The largest absolute Gasteiger partial charge is 0.489 e. The van der Waals surface area contributed by atoms with E-state index in [4.69, 9.17) is 9.84 Å². The quantitative estimate of drug-likeness (QED) is 0.607. The van der Waals surface area contributed by atoms with Gasteiger partial charge in [0.15, 0.2) is 0 Å². The third-order valence-corrected chi connectivity index (χ3v) is 2.30. The number of carbonyl (C=O) groups is 1. The molecule has 0 aliphatic rings. The second-order valence-electron chi connectivity index (χ2n) is 3.70. The summed E-state index contributed by atoms with van der Waals surface area (Å²) in [4.78, 5) is 10.6. The molecule has 0 spiro atoms. The molecule has 1 aromatic carbocycles. The molecule has 4 nitrogen and oxygen atoms in total. The van der Waals surface area contributed by atoms with E-state index < -0.39 is 6.09 Å². The summed E-state index contributed by atoms with van der Waals surface area (Å²) < 4.78 is 5.60. The molecule has 1 rings (SSSR count). The van der Waals surface area contributed by atoms with Crippen LogP contribution < -0.4 is 5.32 Å². The summed E-state index contributed by atoms with van der Waals surface area (Å²) in [7, 11) is 0. The molecule has 0 heterocycles. The van der Waals surface area contributed by atoms with Crippen molar-refractivity contribution in [2.24, 2.45) is 0 Å². The second kappa shape index (κ2) is 7.76. The zero-order valence-electron chi connectivity index (χ0n) is 10.8. The fourth-order valence-corrected chi connectivity index (χ4v) is 1.37. The van der Waals surface area contributed by atoms with E-state index in [-0.39, 0.29) is 0 Å². The zero-order valence-corrected chi connectivity index (χ0v) is 10.8. The summed E-state index contributed by atoms with van der Waals surface area (Å²) in [6.45, 7) is 5.79. The highest BCUT2D eigenvalue weighted by molar-refractivity contribution is 5.67. The van der Waals surface area contributed by atoms with Gasteiger partial charge in [-0.25, -0.2) is 4.79 Å². The second-order valence-corrected chi connectivity index (χ2v) is 3.70. The fraction of sp³-hybridized carbons (Fsp3) is 0.133. The maximum absolute atomic E-state index is 10.6. The summed E-state index contributed by atoms with van der Waals surface area (Å²) >= 11 is 0. The third-order valence-electron chi connectivity index (χ3n) is 2.30. The molecule has 0 unspecified atom stereocenters. The summed E-state index contributed by atoms with van der Waals surface area (Å²) in [5.74, 6) is 0.576. The Balaban J connectivity index is 2.66. The van der Waals surface area contributed by atoms with Crippen molar-refractivity contribution in [2.45, 2.75) is 13.5 Å². The van der Waals surface area contributed by atoms with Crippen molar-refractivity contribution in [3.05, 3.63) is 72.2 Å². The molecular formula is C15H17NO3. The molecule has 100 valence electrons. The molecule has 0 saturated carbocycles. The van der Waals surface area contributed by atoms with Crippen molar-refractivity contribution in [1.29, 1.82) is 0 Å². The number of hydrogen-bond acceptors (Lipinski definition) is 2. The van der Waals surface area contributed by atoms with Gasteiger partial charge in [-0.2, -0.15) is 0 Å². The highest BCUT2D eigenvalue weighted by Crippen LogP contribution is 2.09. The van der Waals surface area contributed by atoms with Crippen LogP contribution in [0.2, 0.25) is 0 Å². The first kappa shape index (κ1) is 14.6. The van der Waals surface area contributed by atoms with Crippen LogP contribution in [-0.2, 0) is 11.3 Å². The lowest BCUT2D eigenvalue weighted by molar-refractivity contribution is 0.197. The van der Waals surface area contributed by atoms with E-state index in [1.54, 1.807) is 12.2 Å². The maximum atomic E-state index is 10.6.